The first-order chi connectivity index (χ1) is 19.5. The van der Waals surface area contributed by atoms with Gasteiger partial charge in [0.2, 0.25) is 5.79 Å². The van der Waals surface area contributed by atoms with Crippen LogP contribution >= 0.6 is 23.2 Å². The van der Waals surface area contributed by atoms with Crippen molar-refractivity contribution in [3.8, 4) is 5.75 Å². The molecule has 1 aromatic heterocycles. The maximum absolute atomic E-state index is 8.96. The molecule has 214 valence electrons. The quantitative estimate of drug-likeness (QED) is 0.217. The molecule has 2 unspecified atom stereocenters. The van der Waals surface area contributed by atoms with E-state index in [0.717, 1.165) is 43.5 Å². The number of aliphatic hydroxyl groups is 1. The van der Waals surface area contributed by atoms with Gasteiger partial charge in [-0.1, -0.05) is 29.3 Å². The van der Waals surface area contributed by atoms with Crippen LogP contribution in [0.2, 0.25) is 10.0 Å². The van der Waals surface area contributed by atoms with Crippen molar-refractivity contribution < 1.29 is 19.3 Å². The van der Waals surface area contributed by atoms with E-state index in [1.54, 1.807) is 23.1 Å². The number of ether oxygens (including phenoxy) is 3. The van der Waals surface area contributed by atoms with Crippen LogP contribution in [0.4, 0.5) is 5.69 Å². The maximum atomic E-state index is 8.96. The van der Waals surface area contributed by atoms with Gasteiger partial charge in [0.25, 0.3) is 0 Å². The largest absolute Gasteiger partial charge is 0.491 e. The maximum Gasteiger partial charge on any atom is 0.217 e. The van der Waals surface area contributed by atoms with Crippen molar-refractivity contribution in [2.45, 2.75) is 31.8 Å². The fraction of sp³-hybridized carbons (Fsp3) is 0.464. The molecule has 5 rings (SSSR count). The van der Waals surface area contributed by atoms with Crippen molar-refractivity contribution in [3.63, 3.8) is 0 Å². The first-order valence-corrected chi connectivity index (χ1v) is 14.2. The highest BCUT2D eigenvalue weighted by atomic mass is 35.5. The van der Waals surface area contributed by atoms with Crippen LogP contribution in [0.5, 0.6) is 5.75 Å². The Kier molecular flexibility index (Phi) is 9.44. The number of aliphatic imine (C=N–C) groups is 1. The van der Waals surface area contributed by atoms with Gasteiger partial charge in [-0.05, 0) is 49.7 Å². The van der Waals surface area contributed by atoms with Crippen LogP contribution in [0.1, 0.15) is 18.9 Å². The smallest absolute Gasteiger partial charge is 0.217 e. The molecule has 2 aliphatic heterocycles. The molecule has 2 saturated heterocycles. The van der Waals surface area contributed by atoms with Crippen molar-refractivity contribution in [1.82, 2.24) is 19.7 Å². The molecule has 0 saturated carbocycles. The Labute approximate surface area is 244 Å². The number of halogens is 2. The van der Waals surface area contributed by atoms with Gasteiger partial charge >= 0.3 is 0 Å². The number of rotatable bonds is 10. The minimum absolute atomic E-state index is 0.175. The van der Waals surface area contributed by atoms with Crippen molar-refractivity contribution in [2.75, 3.05) is 57.4 Å². The predicted octanol–water partition coefficient (Wildman–Crippen LogP) is 3.86. The van der Waals surface area contributed by atoms with Gasteiger partial charge in [-0.2, -0.15) is 5.10 Å². The normalized spacial score (nSPS) is 21.7. The zero-order valence-electron chi connectivity index (χ0n) is 22.5. The number of hydrogen-bond acceptors (Lipinski definition) is 8. The first kappa shape index (κ1) is 28.6. The van der Waals surface area contributed by atoms with E-state index in [1.165, 1.54) is 6.33 Å². The van der Waals surface area contributed by atoms with Gasteiger partial charge < -0.3 is 29.1 Å². The summed E-state index contributed by atoms with van der Waals surface area (Å²) >= 11 is 12.7. The van der Waals surface area contributed by atoms with E-state index in [0.29, 0.717) is 41.8 Å². The summed E-state index contributed by atoms with van der Waals surface area (Å²) in [6, 6.07) is 13.4. The molecular formula is C28H34Cl2N6O4. The summed E-state index contributed by atoms with van der Waals surface area (Å²) in [6.07, 6.45) is 3.46. The van der Waals surface area contributed by atoms with E-state index in [4.69, 9.17) is 42.5 Å². The highest BCUT2D eigenvalue weighted by molar-refractivity contribution is 6.35. The Morgan fingerprint density at radius 1 is 1.15 bits per heavy atom. The number of aliphatic hydroxyl groups excluding tert-OH is 1. The summed E-state index contributed by atoms with van der Waals surface area (Å²) < 4.78 is 20.4. The number of nitrogens with zero attached hydrogens (tertiary/aromatic N) is 6. The number of hydrogen-bond donors (Lipinski definition) is 1. The van der Waals surface area contributed by atoms with Crippen LogP contribution in [-0.2, 0) is 21.8 Å². The van der Waals surface area contributed by atoms with E-state index >= 15 is 0 Å². The second-order valence-corrected chi connectivity index (χ2v) is 10.6. The monoisotopic (exact) mass is 588 g/mol. The first-order valence-electron chi connectivity index (χ1n) is 13.4. The van der Waals surface area contributed by atoms with E-state index in [2.05, 4.69) is 37.0 Å². The molecule has 0 bridgehead atoms. The third-order valence-corrected chi connectivity index (χ3v) is 7.62. The lowest BCUT2D eigenvalue weighted by atomic mass is 10.1. The van der Waals surface area contributed by atoms with Gasteiger partial charge in [0.1, 0.15) is 37.7 Å². The average molecular weight is 590 g/mol. The molecule has 10 nitrogen and oxygen atoms in total. The molecule has 40 heavy (non-hydrogen) atoms. The van der Waals surface area contributed by atoms with Crippen molar-refractivity contribution >= 4 is 34.7 Å². The molecule has 3 aromatic rings. The Morgan fingerprint density at radius 3 is 2.65 bits per heavy atom. The highest BCUT2D eigenvalue weighted by Gasteiger charge is 2.45. The molecule has 1 N–H and O–H groups in total. The number of piperazine rings is 1. The fourth-order valence-electron chi connectivity index (χ4n) is 4.92. The standard InChI is InChI=1S/C28H34Cl2N6O4/c1-21(32-9-2-14-37)34-10-12-35(13-11-34)23-4-6-24(7-5-23)38-16-25-17-39-28(40-25,18-36-20-31-19-33-36)26-8-3-22(29)15-27(26)30/h3-8,15,19-20,25,37H,2,9-14,16-18H2,1H3/b32-21+. The third-order valence-electron chi connectivity index (χ3n) is 7.07. The Hall–Kier alpha value is -2.89. The molecule has 12 heteroatoms. The summed E-state index contributed by atoms with van der Waals surface area (Å²) in [5.74, 6) is 0.659. The van der Waals surface area contributed by atoms with Crippen LogP contribution in [0, 0.1) is 0 Å². The number of benzene rings is 2. The van der Waals surface area contributed by atoms with Crippen molar-refractivity contribution in [1.29, 1.82) is 0 Å². The Bertz CT molecular complexity index is 1270. The lowest BCUT2D eigenvalue weighted by Crippen LogP contribution is -2.48. The zero-order valence-corrected chi connectivity index (χ0v) is 24.0. The van der Waals surface area contributed by atoms with Crippen LogP contribution in [0.15, 0.2) is 60.1 Å². The van der Waals surface area contributed by atoms with Crippen LogP contribution in [0.25, 0.3) is 0 Å². The fourth-order valence-corrected chi connectivity index (χ4v) is 5.48. The second kappa shape index (κ2) is 13.2. The van der Waals surface area contributed by atoms with E-state index in [9.17, 15) is 0 Å². The van der Waals surface area contributed by atoms with E-state index in [1.807, 2.05) is 25.1 Å². The average Bonchev–Trinajstić information content (AvgIpc) is 3.63. The topological polar surface area (TPSA) is 97.5 Å². The summed E-state index contributed by atoms with van der Waals surface area (Å²) in [6.45, 7) is 7.48. The molecule has 0 amide bonds. The Balaban J connectivity index is 1.16. The van der Waals surface area contributed by atoms with Crippen LogP contribution < -0.4 is 9.64 Å². The van der Waals surface area contributed by atoms with Crippen LogP contribution in [-0.4, -0.2) is 89.3 Å². The van der Waals surface area contributed by atoms with Gasteiger partial charge in [-0.25, -0.2) is 9.67 Å². The summed E-state index contributed by atoms with van der Waals surface area (Å²) in [5, 5.41) is 14.2. The van der Waals surface area contributed by atoms with E-state index in [-0.39, 0.29) is 19.3 Å². The summed E-state index contributed by atoms with van der Waals surface area (Å²) in [7, 11) is 0. The minimum Gasteiger partial charge on any atom is -0.491 e. The molecule has 2 fully saturated rings. The molecule has 3 heterocycles. The molecule has 2 aliphatic rings. The lowest BCUT2D eigenvalue weighted by Gasteiger charge is -2.37. The molecule has 2 atom stereocenters. The zero-order chi connectivity index (χ0) is 28.0. The van der Waals surface area contributed by atoms with Gasteiger partial charge in [-0.15, -0.1) is 0 Å². The second-order valence-electron chi connectivity index (χ2n) is 9.81. The lowest BCUT2D eigenvalue weighted by molar-refractivity contribution is -0.190. The number of anilines is 1. The predicted molar refractivity (Wildman–Crippen MR) is 154 cm³/mol. The molecular weight excluding hydrogens is 555 g/mol. The molecule has 2 aromatic carbocycles. The molecule has 0 radical (unpaired) electrons. The van der Waals surface area contributed by atoms with Gasteiger partial charge in [-0.3, -0.25) is 4.99 Å². The van der Waals surface area contributed by atoms with Crippen molar-refractivity contribution in [3.05, 3.63) is 70.7 Å². The molecule has 0 aliphatic carbocycles. The highest BCUT2D eigenvalue weighted by Crippen LogP contribution is 2.40. The third kappa shape index (κ3) is 6.87. The van der Waals surface area contributed by atoms with Gasteiger partial charge in [0.15, 0.2) is 0 Å². The number of aromatic nitrogens is 3. The van der Waals surface area contributed by atoms with Crippen LogP contribution in [0.3, 0.4) is 0 Å². The SMILES string of the molecule is C/C(=N\CCCO)N1CCN(c2ccc(OCC3COC(Cn4cncn4)(c4ccc(Cl)cc4Cl)O3)cc2)CC1. The summed E-state index contributed by atoms with van der Waals surface area (Å²) in [4.78, 5) is 13.3. The van der Waals surface area contributed by atoms with Gasteiger partial charge in [0.05, 0.1) is 17.5 Å². The van der Waals surface area contributed by atoms with Gasteiger partial charge in [0, 0.05) is 55.6 Å². The summed E-state index contributed by atoms with van der Waals surface area (Å²) in [5.41, 5.74) is 1.83. The van der Waals surface area contributed by atoms with E-state index < -0.39 is 5.79 Å². The molecule has 0 spiro atoms. The number of amidine groups is 1. The minimum atomic E-state index is -1.14. The van der Waals surface area contributed by atoms with Crippen molar-refractivity contribution in [2.24, 2.45) is 4.99 Å². The Morgan fingerprint density at radius 2 is 1.95 bits per heavy atom.